The van der Waals surface area contributed by atoms with Crippen LogP contribution in [0.15, 0.2) is 28.1 Å². The van der Waals surface area contributed by atoms with E-state index in [1.165, 1.54) is 17.9 Å². The Balaban J connectivity index is 2.42. The van der Waals surface area contributed by atoms with Crippen molar-refractivity contribution in [1.29, 1.82) is 0 Å². The summed E-state index contributed by atoms with van der Waals surface area (Å²) >= 11 is 11.6. The highest BCUT2D eigenvalue weighted by atomic mass is 35.5. The minimum Gasteiger partial charge on any atom is -0.468 e. The second-order valence-electron chi connectivity index (χ2n) is 2.80. The van der Waals surface area contributed by atoms with Crippen LogP contribution in [0.5, 0.6) is 0 Å². The maximum atomic E-state index is 11.2. The summed E-state index contributed by atoms with van der Waals surface area (Å²) in [5, 5.41) is 0.933. The molecule has 0 aliphatic heterocycles. The molecule has 1 rings (SSSR count). The van der Waals surface area contributed by atoms with E-state index in [1.54, 1.807) is 18.2 Å². The van der Waals surface area contributed by atoms with Gasteiger partial charge in [0.15, 0.2) is 0 Å². The van der Waals surface area contributed by atoms with Crippen LogP contribution in [0.25, 0.3) is 0 Å². The predicted octanol–water partition coefficient (Wildman–Crippen LogP) is 3.32. The number of methoxy groups -OCH3 is 1. The molecule has 0 fully saturated rings. The summed E-state index contributed by atoms with van der Waals surface area (Å²) in [6, 6.07) is 4.35. The molecule has 0 atom stereocenters. The fourth-order valence-corrected chi connectivity index (χ4v) is 2.65. The molecule has 0 aliphatic rings. The van der Waals surface area contributed by atoms with Crippen LogP contribution in [0, 0.1) is 0 Å². The number of benzene rings is 1. The molecule has 0 aromatic heterocycles. The third kappa shape index (κ3) is 5.26. The second kappa shape index (κ2) is 7.63. The van der Waals surface area contributed by atoms with Crippen molar-refractivity contribution in [2.24, 2.45) is 10.7 Å². The number of amidine groups is 1. The lowest BCUT2D eigenvalue weighted by Gasteiger charge is -2.02. The summed E-state index contributed by atoms with van der Waals surface area (Å²) in [6.45, 7) is 0. The number of urea groups is 1. The molecule has 98 valence electrons. The number of halogens is 2. The van der Waals surface area contributed by atoms with E-state index in [4.69, 9.17) is 28.9 Å². The van der Waals surface area contributed by atoms with E-state index in [9.17, 15) is 4.79 Å². The summed E-state index contributed by atoms with van der Waals surface area (Å²) in [4.78, 5) is 15.4. The van der Waals surface area contributed by atoms with Gasteiger partial charge in [-0.2, -0.15) is 0 Å². The van der Waals surface area contributed by atoms with Crippen LogP contribution in [-0.4, -0.2) is 19.2 Å². The van der Waals surface area contributed by atoms with E-state index in [2.05, 4.69) is 14.5 Å². The zero-order valence-electron chi connectivity index (χ0n) is 9.15. The Bertz CT molecular complexity index is 471. The third-order valence-electron chi connectivity index (χ3n) is 1.58. The molecular formula is C9H9Cl2N3O2S2. The highest BCUT2D eigenvalue weighted by Gasteiger charge is 2.03. The van der Waals surface area contributed by atoms with Crippen molar-refractivity contribution >= 4 is 57.0 Å². The van der Waals surface area contributed by atoms with Crippen molar-refractivity contribution in [3.63, 3.8) is 0 Å². The van der Waals surface area contributed by atoms with Gasteiger partial charge in [-0.1, -0.05) is 23.2 Å². The van der Waals surface area contributed by atoms with E-state index >= 15 is 0 Å². The van der Waals surface area contributed by atoms with Gasteiger partial charge in [-0.05, 0) is 29.0 Å². The molecule has 2 amide bonds. The number of rotatable bonds is 3. The minimum atomic E-state index is -0.605. The maximum Gasteiger partial charge on any atom is 0.356 e. The Morgan fingerprint density at radius 2 is 2.17 bits per heavy atom. The summed E-state index contributed by atoms with van der Waals surface area (Å²) in [5.41, 5.74) is 5.21. The molecule has 0 radical (unpaired) electrons. The van der Waals surface area contributed by atoms with Crippen LogP contribution in [0.1, 0.15) is 0 Å². The quantitative estimate of drug-likeness (QED) is 0.386. The molecule has 3 N–H and O–H groups in total. The standard InChI is InChI=1S/C9H9Cl2N3O2S2/c1-16-8(12)13-9(15)14-18-17-5-2-3-6(10)7(11)4-5/h2-4H,1H3,(H3,12,13,14,15). The number of amides is 2. The lowest BCUT2D eigenvalue weighted by atomic mass is 10.4. The molecule has 0 unspecified atom stereocenters. The first-order valence-electron chi connectivity index (χ1n) is 4.49. The number of carbonyl (C=O) groups excluding carboxylic acids is 1. The maximum absolute atomic E-state index is 11.2. The van der Waals surface area contributed by atoms with Gasteiger partial charge in [-0.3, -0.25) is 4.72 Å². The average molecular weight is 326 g/mol. The Hall–Kier alpha value is -0.760. The van der Waals surface area contributed by atoms with Crippen molar-refractivity contribution in [2.45, 2.75) is 4.90 Å². The van der Waals surface area contributed by atoms with Gasteiger partial charge < -0.3 is 10.5 Å². The van der Waals surface area contributed by atoms with Gasteiger partial charge in [0, 0.05) is 15.9 Å². The molecule has 0 aliphatic carbocycles. The van der Waals surface area contributed by atoms with E-state index in [1.807, 2.05) is 0 Å². The SMILES string of the molecule is CO/C(N)=N\C(=O)NSSc1ccc(Cl)c(Cl)c1. The zero-order chi connectivity index (χ0) is 13.5. The van der Waals surface area contributed by atoms with Crippen molar-refractivity contribution in [1.82, 2.24) is 4.72 Å². The molecule has 0 heterocycles. The Morgan fingerprint density at radius 1 is 1.44 bits per heavy atom. The van der Waals surface area contributed by atoms with E-state index in [-0.39, 0.29) is 6.02 Å². The van der Waals surface area contributed by atoms with Gasteiger partial charge in [0.05, 0.1) is 17.2 Å². The molecule has 1 aromatic rings. The number of ether oxygens (including phenoxy) is 1. The number of hydrogen-bond acceptors (Lipinski definition) is 4. The van der Waals surface area contributed by atoms with Crippen LogP contribution < -0.4 is 10.5 Å². The first-order chi connectivity index (χ1) is 8.52. The van der Waals surface area contributed by atoms with Gasteiger partial charge in [0.25, 0.3) is 6.02 Å². The van der Waals surface area contributed by atoms with Crippen molar-refractivity contribution in [2.75, 3.05) is 7.11 Å². The number of aliphatic imine (C=N–C) groups is 1. The molecule has 18 heavy (non-hydrogen) atoms. The zero-order valence-corrected chi connectivity index (χ0v) is 12.3. The van der Waals surface area contributed by atoms with Gasteiger partial charge in [0.1, 0.15) is 0 Å². The van der Waals surface area contributed by atoms with Crippen LogP contribution in [0.2, 0.25) is 10.0 Å². The molecule has 0 spiro atoms. The van der Waals surface area contributed by atoms with E-state index in [0.717, 1.165) is 15.9 Å². The molecule has 0 saturated heterocycles. The topological polar surface area (TPSA) is 76.7 Å². The van der Waals surface area contributed by atoms with Gasteiger partial charge in [-0.15, -0.1) is 4.99 Å². The second-order valence-corrected chi connectivity index (χ2v) is 5.63. The predicted molar refractivity (Wildman–Crippen MR) is 77.1 cm³/mol. The molecule has 9 heteroatoms. The summed E-state index contributed by atoms with van der Waals surface area (Å²) in [7, 11) is 3.70. The van der Waals surface area contributed by atoms with Crippen molar-refractivity contribution in [3.8, 4) is 0 Å². The van der Waals surface area contributed by atoms with E-state index in [0.29, 0.717) is 10.0 Å². The summed E-state index contributed by atoms with van der Waals surface area (Å²) in [6.07, 6.45) is 0. The highest BCUT2D eigenvalue weighted by molar-refractivity contribution is 8.76. The molecule has 0 saturated carbocycles. The Morgan fingerprint density at radius 3 is 2.78 bits per heavy atom. The molecule has 1 aromatic carbocycles. The fourth-order valence-electron chi connectivity index (χ4n) is 0.802. The largest absolute Gasteiger partial charge is 0.468 e. The Kier molecular flexibility index (Phi) is 6.48. The normalized spacial score (nSPS) is 11.2. The van der Waals surface area contributed by atoms with Gasteiger partial charge in [-0.25, -0.2) is 4.79 Å². The van der Waals surface area contributed by atoms with Crippen molar-refractivity contribution in [3.05, 3.63) is 28.2 Å². The van der Waals surface area contributed by atoms with Crippen LogP contribution in [0.4, 0.5) is 4.79 Å². The average Bonchev–Trinajstić information content (AvgIpc) is 2.33. The van der Waals surface area contributed by atoms with Crippen LogP contribution in [0.3, 0.4) is 0 Å². The Labute approximate surface area is 122 Å². The number of nitrogens with zero attached hydrogens (tertiary/aromatic N) is 1. The van der Waals surface area contributed by atoms with Crippen LogP contribution >= 0.6 is 45.0 Å². The first kappa shape index (κ1) is 15.3. The number of nitrogens with one attached hydrogen (secondary N) is 1. The molecule has 0 bridgehead atoms. The monoisotopic (exact) mass is 325 g/mol. The van der Waals surface area contributed by atoms with Gasteiger partial charge in [0.2, 0.25) is 0 Å². The smallest absolute Gasteiger partial charge is 0.356 e. The third-order valence-corrected chi connectivity index (χ3v) is 4.18. The minimum absolute atomic E-state index is 0.201. The lowest BCUT2D eigenvalue weighted by Crippen LogP contribution is -2.19. The summed E-state index contributed by atoms with van der Waals surface area (Å²) < 4.78 is 6.98. The first-order valence-corrected chi connectivity index (χ1v) is 7.40. The molecule has 5 nitrogen and oxygen atoms in total. The van der Waals surface area contributed by atoms with Crippen molar-refractivity contribution < 1.29 is 9.53 Å². The highest BCUT2D eigenvalue weighted by Crippen LogP contribution is 2.33. The number of hydrogen-bond donors (Lipinski definition) is 2. The lowest BCUT2D eigenvalue weighted by molar-refractivity contribution is 0.253. The summed E-state index contributed by atoms with van der Waals surface area (Å²) in [5.74, 6) is 0. The molecular weight excluding hydrogens is 317 g/mol. The van der Waals surface area contributed by atoms with Gasteiger partial charge >= 0.3 is 6.03 Å². The number of nitrogens with two attached hydrogens (primary N) is 1. The number of carbonyl (C=O) groups is 1. The fraction of sp³-hybridized carbons (Fsp3) is 0.111. The van der Waals surface area contributed by atoms with E-state index < -0.39 is 6.03 Å². The van der Waals surface area contributed by atoms with Crippen LogP contribution in [-0.2, 0) is 4.74 Å².